The maximum Gasteiger partial charge on any atom is 0.260 e. The number of halogens is 2. The van der Waals surface area contributed by atoms with Gasteiger partial charge in [-0.2, -0.15) is 4.98 Å². The Kier molecular flexibility index (Phi) is 4.99. The van der Waals surface area contributed by atoms with Crippen LogP contribution in [0.3, 0.4) is 0 Å². The number of benzene rings is 2. The quantitative estimate of drug-likeness (QED) is 0.438. The Morgan fingerprint density at radius 1 is 0.912 bits per heavy atom. The van der Waals surface area contributed by atoms with Gasteiger partial charge in [-0.25, -0.2) is 14.0 Å². The average molecular weight is 478 g/mol. The fraction of sp³-hybridized carbons (Fsp3) is 0.280. The maximum absolute atomic E-state index is 13.6. The van der Waals surface area contributed by atoms with Crippen LogP contribution in [0.25, 0.3) is 0 Å². The van der Waals surface area contributed by atoms with Crippen molar-refractivity contribution in [3.63, 3.8) is 0 Å². The van der Waals surface area contributed by atoms with E-state index in [2.05, 4.69) is 15.4 Å². The third kappa shape index (κ3) is 3.40. The zero-order valence-electron chi connectivity index (χ0n) is 18.1. The van der Waals surface area contributed by atoms with Crippen molar-refractivity contribution in [2.24, 2.45) is 11.8 Å². The normalized spacial score (nSPS) is 25.8. The van der Waals surface area contributed by atoms with E-state index in [9.17, 15) is 14.0 Å². The summed E-state index contributed by atoms with van der Waals surface area (Å²) in [4.78, 5) is 31.9. The Morgan fingerprint density at radius 2 is 1.53 bits per heavy atom. The van der Waals surface area contributed by atoms with Crippen molar-refractivity contribution in [1.29, 1.82) is 0 Å². The molecular formula is C25H21ClFN5O2. The second kappa shape index (κ2) is 8.06. The molecule has 3 aromatic rings. The van der Waals surface area contributed by atoms with Crippen LogP contribution < -0.4 is 10.2 Å². The number of amides is 2. The lowest BCUT2D eigenvalue weighted by atomic mass is 9.85. The molecule has 7 nitrogen and oxygen atoms in total. The van der Waals surface area contributed by atoms with Crippen LogP contribution in [-0.2, 0) is 9.59 Å². The summed E-state index contributed by atoms with van der Waals surface area (Å²) in [5.74, 6) is -1.03. The molecule has 9 heteroatoms. The van der Waals surface area contributed by atoms with E-state index in [0.717, 1.165) is 16.0 Å². The van der Waals surface area contributed by atoms with Crippen LogP contribution >= 0.6 is 11.6 Å². The highest BCUT2D eigenvalue weighted by Crippen LogP contribution is 2.41. The van der Waals surface area contributed by atoms with Gasteiger partial charge in [0.05, 0.1) is 23.9 Å². The van der Waals surface area contributed by atoms with Crippen molar-refractivity contribution in [3.05, 3.63) is 82.6 Å². The standard InChI is InChI=1S/C25H21ClFN5O2/c26-16-9-5-14(6-10-16)20-13-21(15-7-11-17(27)12-8-15)32-24(28-20)29-25(30-32)31-22(33)18-3-1-2-4-19(18)23(31)34/h1-2,5-12,18-21H,3-4,13H2,(H,28,29,30)/t18-,19+,20-,21-/m0/s1. The number of carbonyl (C=O) groups excluding carboxylic acids is 2. The number of hydrogen-bond donors (Lipinski definition) is 1. The van der Waals surface area contributed by atoms with Gasteiger partial charge < -0.3 is 5.32 Å². The van der Waals surface area contributed by atoms with Gasteiger partial charge >= 0.3 is 0 Å². The minimum absolute atomic E-state index is 0.0794. The van der Waals surface area contributed by atoms with Gasteiger partial charge in [0.2, 0.25) is 17.8 Å². The summed E-state index contributed by atoms with van der Waals surface area (Å²) in [5, 5.41) is 8.64. The summed E-state index contributed by atoms with van der Waals surface area (Å²) in [7, 11) is 0. The zero-order chi connectivity index (χ0) is 23.4. The molecule has 1 aliphatic carbocycles. The second-order valence-corrected chi connectivity index (χ2v) is 9.34. The van der Waals surface area contributed by atoms with Crippen molar-refractivity contribution in [1.82, 2.24) is 14.8 Å². The smallest absolute Gasteiger partial charge is 0.260 e. The lowest BCUT2D eigenvalue weighted by Crippen LogP contribution is -2.32. The minimum atomic E-state index is -0.360. The second-order valence-electron chi connectivity index (χ2n) is 8.90. The first-order chi connectivity index (χ1) is 16.5. The van der Waals surface area contributed by atoms with Gasteiger partial charge in [0.15, 0.2) is 0 Å². The predicted molar refractivity (Wildman–Crippen MR) is 125 cm³/mol. The third-order valence-corrected chi connectivity index (χ3v) is 7.16. The maximum atomic E-state index is 13.6. The Bertz CT molecular complexity index is 1280. The molecule has 34 heavy (non-hydrogen) atoms. The Morgan fingerprint density at radius 3 is 2.18 bits per heavy atom. The number of hydrogen-bond acceptors (Lipinski definition) is 5. The van der Waals surface area contributed by atoms with E-state index in [1.54, 1.807) is 16.8 Å². The van der Waals surface area contributed by atoms with Gasteiger partial charge in [0, 0.05) is 5.02 Å². The van der Waals surface area contributed by atoms with Gasteiger partial charge in [-0.3, -0.25) is 9.59 Å². The van der Waals surface area contributed by atoms with Crippen LogP contribution in [0.15, 0.2) is 60.7 Å². The van der Waals surface area contributed by atoms with Crippen molar-refractivity contribution in [2.75, 3.05) is 10.2 Å². The van der Waals surface area contributed by atoms with E-state index < -0.39 is 0 Å². The molecule has 0 saturated carbocycles. The highest BCUT2D eigenvalue weighted by Gasteiger charge is 2.49. The van der Waals surface area contributed by atoms with Crippen LogP contribution in [0.1, 0.15) is 42.5 Å². The molecule has 2 aliphatic heterocycles. The Labute approximate surface area is 200 Å². The summed E-state index contributed by atoms with van der Waals surface area (Å²) in [6.07, 6.45) is 5.61. The van der Waals surface area contributed by atoms with E-state index in [1.807, 2.05) is 36.4 Å². The number of aromatic nitrogens is 3. The zero-order valence-corrected chi connectivity index (χ0v) is 18.8. The molecule has 3 heterocycles. The van der Waals surface area contributed by atoms with Crippen LogP contribution in [0.4, 0.5) is 16.3 Å². The van der Waals surface area contributed by atoms with Gasteiger partial charge in [-0.1, -0.05) is 48.0 Å². The fourth-order valence-electron chi connectivity index (χ4n) is 5.13. The van der Waals surface area contributed by atoms with Crippen LogP contribution in [0.5, 0.6) is 0 Å². The average Bonchev–Trinajstić information content (AvgIpc) is 3.38. The molecule has 1 aromatic heterocycles. The summed E-state index contributed by atoms with van der Waals surface area (Å²) in [5.41, 5.74) is 1.87. The minimum Gasteiger partial charge on any atom is -0.347 e. The summed E-state index contributed by atoms with van der Waals surface area (Å²) >= 11 is 6.07. The summed E-state index contributed by atoms with van der Waals surface area (Å²) in [6, 6.07) is 13.4. The molecule has 2 amide bonds. The van der Waals surface area contributed by atoms with Gasteiger partial charge in [-0.05, 0) is 54.7 Å². The molecule has 3 aliphatic rings. The van der Waals surface area contributed by atoms with Gasteiger partial charge in [0.1, 0.15) is 5.82 Å². The number of anilines is 2. The number of carbonyl (C=O) groups is 2. The third-order valence-electron chi connectivity index (χ3n) is 6.91. The molecular weight excluding hydrogens is 457 g/mol. The van der Waals surface area contributed by atoms with Crippen molar-refractivity contribution in [2.45, 2.75) is 31.3 Å². The predicted octanol–water partition coefficient (Wildman–Crippen LogP) is 4.67. The topological polar surface area (TPSA) is 80.1 Å². The summed E-state index contributed by atoms with van der Waals surface area (Å²) < 4.78 is 15.3. The molecule has 1 fully saturated rings. The molecule has 172 valence electrons. The lowest BCUT2D eigenvalue weighted by molar-refractivity contribution is -0.122. The Hall–Kier alpha value is -3.52. The van der Waals surface area contributed by atoms with E-state index in [1.165, 1.54) is 12.1 Å². The molecule has 2 aromatic carbocycles. The number of nitrogens with zero attached hydrogens (tertiary/aromatic N) is 4. The molecule has 4 atom stereocenters. The largest absolute Gasteiger partial charge is 0.347 e. The molecule has 6 rings (SSSR count). The van der Waals surface area contributed by atoms with Crippen LogP contribution in [-0.4, -0.2) is 26.6 Å². The van der Waals surface area contributed by atoms with Crippen molar-refractivity contribution < 1.29 is 14.0 Å². The number of nitrogens with one attached hydrogen (secondary N) is 1. The van der Waals surface area contributed by atoms with E-state index >= 15 is 0 Å². The highest BCUT2D eigenvalue weighted by molar-refractivity contribution is 6.30. The monoisotopic (exact) mass is 477 g/mol. The Balaban J connectivity index is 1.40. The number of fused-ring (bicyclic) bond motifs is 2. The van der Waals surface area contributed by atoms with Crippen LogP contribution in [0.2, 0.25) is 5.02 Å². The van der Waals surface area contributed by atoms with Gasteiger partial charge in [0.25, 0.3) is 5.95 Å². The number of rotatable bonds is 3. The fourth-order valence-corrected chi connectivity index (χ4v) is 5.26. The lowest BCUT2D eigenvalue weighted by Gasteiger charge is -2.31. The van der Waals surface area contributed by atoms with Crippen molar-refractivity contribution >= 4 is 35.3 Å². The van der Waals surface area contributed by atoms with E-state index in [4.69, 9.17) is 11.6 Å². The first-order valence-corrected chi connectivity index (χ1v) is 11.6. The van der Waals surface area contributed by atoms with Crippen molar-refractivity contribution in [3.8, 4) is 0 Å². The number of imide groups is 1. The SMILES string of the molecule is O=C1[C@H]2CC=CC[C@H]2C(=O)N1c1nc2n(n1)[C@H](c1ccc(F)cc1)C[C@@H](c1ccc(Cl)cc1)N2. The van der Waals surface area contributed by atoms with Gasteiger partial charge in [-0.15, -0.1) is 5.10 Å². The summed E-state index contributed by atoms with van der Waals surface area (Å²) in [6.45, 7) is 0. The van der Waals surface area contributed by atoms with E-state index in [-0.39, 0.29) is 47.5 Å². The molecule has 1 saturated heterocycles. The molecule has 0 radical (unpaired) electrons. The molecule has 0 bridgehead atoms. The van der Waals surface area contributed by atoms with Crippen LogP contribution in [0, 0.1) is 17.7 Å². The molecule has 0 unspecified atom stereocenters. The highest BCUT2D eigenvalue weighted by atomic mass is 35.5. The van der Waals surface area contributed by atoms with E-state index in [0.29, 0.717) is 30.2 Å². The number of allylic oxidation sites excluding steroid dienone is 2. The first kappa shape index (κ1) is 21.0. The first-order valence-electron chi connectivity index (χ1n) is 11.3. The molecule has 1 N–H and O–H groups in total. The molecule has 0 spiro atoms.